The van der Waals surface area contributed by atoms with Gasteiger partial charge in [-0.1, -0.05) is 0 Å². The van der Waals surface area contributed by atoms with E-state index in [1.165, 1.54) is 25.9 Å². The van der Waals surface area contributed by atoms with Crippen LogP contribution in [0, 0.1) is 5.92 Å². The van der Waals surface area contributed by atoms with Crippen LogP contribution in [0.1, 0.15) is 12.8 Å². The normalized spacial score (nSPS) is 30.4. The molecule has 0 aliphatic carbocycles. The Morgan fingerprint density at radius 1 is 1.05 bits per heavy atom. The minimum atomic E-state index is -1.90. The zero-order valence-electron chi connectivity index (χ0n) is 12.4. The summed E-state index contributed by atoms with van der Waals surface area (Å²) in [6, 6.07) is 8.98. The first-order chi connectivity index (χ1) is 9.02. The van der Waals surface area contributed by atoms with Crippen LogP contribution < -0.4 is 8.32 Å². The molecular weight excluding hydrogens is 341 g/mol. The van der Waals surface area contributed by atoms with E-state index in [1.807, 2.05) is 0 Å². The minimum absolute atomic E-state index is 0.423. The van der Waals surface area contributed by atoms with Gasteiger partial charge in [0, 0.05) is 0 Å². The van der Waals surface area contributed by atoms with Crippen molar-refractivity contribution in [3.05, 3.63) is 24.3 Å². The number of hydrogen-bond donors (Lipinski definition) is 0. The molecule has 1 atom stereocenters. The van der Waals surface area contributed by atoms with Crippen LogP contribution in [0.4, 0.5) is 0 Å². The third-order valence-electron chi connectivity index (χ3n) is 4.60. The molecule has 3 fully saturated rings. The molecule has 3 heteroatoms. The topological polar surface area (TPSA) is 12.5 Å². The van der Waals surface area contributed by atoms with Crippen LogP contribution in [-0.2, 0) is 0 Å². The standard InChI is InChI=1S/C13H16NO.3CH3.Sn/c1-2-4-12(5-3-1)15-13-10-14-8-6-11(13)7-9-14;;;;/h2-5,11,13H,6-10H2;3*1H3;/t13-;;;;/m0..../s1. The van der Waals surface area contributed by atoms with E-state index in [0.717, 1.165) is 18.2 Å². The number of nitrogens with zero attached hydrogens (tertiary/aromatic N) is 1. The molecule has 1 aromatic rings. The van der Waals surface area contributed by atoms with Gasteiger partial charge in [0.2, 0.25) is 0 Å². The monoisotopic (exact) mass is 367 g/mol. The van der Waals surface area contributed by atoms with Crippen molar-refractivity contribution in [3.63, 3.8) is 0 Å². The van der Waals surface area contributed by atoms with E-state index in [9.17, 15) is 0 Å². The summed E-state index contributed by atoms with van der Waals surface area (Å²) in [5, 5.41) is 0. The quantitative estimate of drug-likeness (QED) is 0.763. The molecule has 0 aromatic heterocycles. The summed E-state index contributed by atoms with van der Waals surface area (Å²) in [6.45, 7) is 3.69. The van der Waals surface area contributed by atoms with Crippen molar-refractivity contribution in [2.45, 2.75) is 33.8 Å². The van der Waals surface area contributed by atoms with E-state index >= 15 is 0 Å². The van der Waals surface area contributed by atoms with Crippen LogP contribution in [0.25, 0.3) is 0 Å². The number of hydrogen-bond acceptors (Lipinski definition) is 2. The molecular formula is C16H25NOSn. The molecule has 3 heterocycles. The van der Waals surface area contributed by atoms with Crippen molar-refractivity contribution in [1.82, 2.24) is 4.90 Å². The predicted octanol–water partition coefficient (Wildman–Crippen LogP) is 2.70. The summed E-state index contributed by atoms with van der Waals surface area (Å²) < 4.78 is 7.82. The Labute approximate surface area is 121 Å². The molecule has 0 unspecified atom stereocenters. The summed E-state index contributed by atoms with van der Waals surface area (Å²) in [4.78, 5) is 9.92. The van der Waals surface area contributed by atoms with E-state index in [1.54, 1.807) is 3.58 Å². The van der Waals surface area contributed by atoms with Crippen molar-refractivity contribution in [2.75, 3.05) is 19.6 Å². The molecule has 4 rings (SSSR count). The molecule has 0 amide bonds. The van der Waals surface area contributed by atoms with Gasteiger partial charge in [0.15, 0.2) is 0 Å². The molecule has 2 bridgehead atoms. The molecule has 19 heavy (non-hydrogen) atoms. The third-order valence-corrected chi connectivity index (χ3v) is 10.5. The Bertz CT molecular complexity index is 429. The van der Waals surface area contributed by atoms with Crippen LogP contribution >= 0.6 is 0 Å². The molecule has 104 valence electrons. The second-order valence-corrected chi connectivity index (χ2v) is 21.6. The summed E-state index contributed by atoms with van der Waals surface area (Å²) in [6.07, 6.45) is 3.06. The van der Waals surface area contributed by atoms with Crippen LogP contribution in [-0.4, -0.2) is 49.0 Å². The average molecular weight is 366 g/mol. The predicted molar refractivity (Wildman–Crippen MR) is 83.0 cm³/mol. The Kier molecular flexibility index (Phi) is 3.82. The molecule has 0 saturated carbocycles. The number of rotatable bonds is 3. The third kappa shape index (κ3) is 3.10. The maximum absolute atomic E-state index is 6.24. The van der Waals surface area contributed by atoms with Gasteiger partial charge in [0.25, 0.3) is 0 Å². The van der Waals surface area contributed by atoms with Gasteiger partial charge in [-0.2, -0.15) is 0 Å². The molecule has 0 N–H and O–H groups in total. The van der Waals surface area contributed by atoms with E-state index in [2.05, 4.69) is 44.0 Å². The summed E-state index contributed by atoms with van der Waals surface area (Å²) in [5.41, 5.74) is 0. The molecule has 0 spiro atoms. The van der Waals surface area contributed by atoms with Crippen molar-refractivity contribution in [2.24, 2.45) is 5.92 Å². The number of fused-ring (bicyclic) bond motifs is 3. The second-order valence-electron chi connectivity index (χ2n) is 7.07. The maximum atomic E-state index is 6.24. The molecule has 3 aliphatic heterocycles. The van der Waals surface area contributed by atoms with Gasteiger partial charge in [0.05, 0.1) is 0 Å². The Morgan fingerprint density at radius 3 is 2.16 bits per heavy atom. The van der Waals surface area contributed by atoms with Crippen LogP contribution in [0.5, 0.6) is 5.75 Å². The first-order valence-corrected chi connectivity index (χ1v) is 17.5. The first-order valence-electron chi connectivity index (χ1n) is 7.52. The van der Waals surface area contributed by atoms with Crippen LogP contribution in [0.15, 0.2) is 24.3 Å². The van der Waals surface area contributed by atoms with Crippen LogP contribution in [0.3, 0.4) is 0 Å². The summed E-state index contributed by atoms with van der Waals surface area (Å²) in [5.74, 6) is 1.85. The van der Waals surface area contributed by atoms with Gasteiger partial charge in [-0.05, 0) is 0 Å². The van der Waals surface area contributed by atoms with Gasteiger partial charge < -0.3 is 0 Å². The van der Waals surface area contributed by atoms with Gasteiger partial charge in [-0.15, -0.1) is 0 Å². The summed E-state index contributed by atoms with van der Waals surface area (Å²) in [7, 11) is 0. The Morgan fingerprint density at radius 2 is 1.68 bits per heavy atom. The zero-order valence-corrected chi connectivity index (χ0v) is 15.2. The number of piperidine rings is 3. The fourth-order valence-corrected chi connectivity index (χ4v) is 6.58. The fraction of sp³-hybridized carbons (Fsp3) is 0.625. The Hall–Kier alpha value is -0.221. The molecule has 1 aromatic carbocycles. The van der Waals surface area contributed by atoms with Crippen molar-refractivity contribution < 1.29 is 4.74 Å². The number of ether oxygens (including phenoxy) is 1. The fourth-order valence-electron chi connectivity index (χ4n) is 3.25. The van der Waals surface area contributed by atoms with E-state index in [4.69, 9.17) is 4.74 Å². The van der Waals surface area contributed by atoms with Gasteiger partial charge in [0.1, 0.15) is 0 Å². The molecule has 2 nitrogen and oxygen atoms in total. The molecule has 3 aliphatic rings. The number of benzene rings is 1. The summed E-state index contributed by atoms with van der Waals surface area (Å²) >= 11 is -1.90. The molecule has 3 saturated heterocycles. The van der Waals surface area contributed by atoms with Gasteiger partial charge in [-0.25, -0.2) is 0 Å². The zero-order chi connectivity index (χ0) is 13.5. The molecule has 0 radical (unpaired) electrons. The van der Waals surface area contributed by atoms with Crippen molar-refractivity contribution in [1.29, 1.82) is 0 Å². The Balaban J connectivity index is 1.67. The van der Waals surface area contributed by atoms with Crippen molar-refractivity contribution >= 4 is 22.0 Å². The van der Waals surface area contributed by atoms with E-state index < -0.39 is 18.4 Å². The van der Waals surface area contributed by atoms with Gasteiger partial charge >= 0.3 is 121 Å². The van der Waals surface area contributed by atoms with E-state index in [0.29, 0.717) is 6.10 Å². The van der Waals surface area contributed by atoms with Crippen LogP contribution in [0.2, 0.25) is 14.8 Å². The van der Waals surface area contributed by atoms with Crippen molar-refractivity contribution in [3.8, 4) is 5.75 Å². The first kappa shape index (κ1) is 13.7. The van der Waals surface area contributed by atoms with E-state index in [-0.39, 0.29) is 0 Å². The second kappa shape index (κ2) is 5.28. The SMILES string of the molecule is [CH3][Sn]([CH3])([CH3])[c]1ccc(O[C@H]2CN3CCC2CC3)cc1. The van der Waals surface area contributed by atoms with Gasteiger partial charge in [-0.3, -0.25) is 0 Å². The average Bonchev–Trinajstić information content (AvgIpc) is 2.40.